The molecule has 1 aliphatic rings. The molecule has 0 spiro atoms. The summed E-state index contributed by atoms with van der Waals surface area (Å²) in [4.78, 5) is 14.4. The summed E-state index contributed by atoms with van der Waals surface area (Å²) in [5.41, 5.74) is -0.271. The highest BCUT2D eigenvalue weighted by Crippen LogP contribution is 2.30. The van der Waals surface area contributed by atoms with Crippen LogP contribution < -0.4 is 5.32 Å². The van der Waals surface area contributed by atoms with Gasteiger partial charge in [-0.15, -0.1) is 0 Å². The van der Waals surface area contributed by atoms with Crippen molar-refractivity contribution < 1.29 is 18.0 Å². The van der Waals surface area contributed by atoms with Crippen molar-refractivity contribution in [1.82, 2.24) is 20.0 Å². The highest BCUT2D eigenvalue weighted by Gasteiger charge is 2.31. The topological polar surface area (TPSA) is 50.2 Å². The fourth-order valence-electron chi connectivity index (χ4n) is 2.90. The second-order valence-corrected chi connectivity index (χ2v) is 6.18. The van der Waals surface area contributed by atoms with Crippen LogP contribution in [0.1, 0.15) is 29.9 Å². The van der Waals surface area contributed by atoms with Gasteiger partial charge in [0, 0.05) is 31.4 Å². The van der Waals surface area contributed by atoms with Crippen LogP contribution >= 0.6 is 0 Å². The van der Waals surface area contributed by atoms with Crippen molar-refractivity contribution in [3.05, 3.63) is 47.8 Å². The van der Waals surface area contributed by atoms with Gasteiger partial charge in [-0.25, -0.2) is 4.68 Å². The maximum atomic E-state index is 12.8. The van der Waals surface area contributed by atoms with Gasteiger partial charge in [-0.05, 0) is 38.1 Å². The zero-order valence-corrected chi connectivity index (χ0v) is 13.9. The number of piperazine rings is 1. The summed E-state index contributed by atoms with van der Waals surface area (Å²) >= 11 is 0. The van der Waals surface area contributed by atoms with Crippen LogP contribution in [0.25, 0.3) is 5.69 Å². The quantitative estimate of drug-likeness (QED) is 0.904. The molecule has 25 heavy (non-hydrogen) atoms. The second-order valence-electron chi connectivity index (χ2n) is 6.18. The Hall–Kier alpha value is -2.35. The van der Waals surface area contributed by atoms with Crippen molar-refractivity contribution >= 4 is 5.91 Å². The van der Waals surface area contributed by atoms with Crippen LogP contribution in [0, 0.1) is 0 Å². The van der Waals surface area contributed by atoms with Crippen molar-refractivity contribution in [2.75, 3.05) is 13.1 Å². The average Bonchev–Trinajstić information content (AvgIpc) is 3.06. The van der Waals surface area contributed by atoms with Crippen LogP contribution in [0.5, 0.6) is 0 Å². The maximum Gasteiger partial charge on any atom is 0.416 e. The highest BCUT2D eigenvalue weighted by atomic mass is 19.4. The summed E-state index contributed by atoms with van der Waals surface area (Å²) in [5, 5.41) is 7.47. The summed E-state index contributed by atoms with van der Waals surface area (Å²) in [7, 11) is 0. The highest BCUT2D eigenvalue weighted by molar-refractivity contribution is 5.92. The third-order valence-electron chi connectivity index (χ3n) is 4.54. The van der Waals surface area contributed by atoms with Gasteiger partial charge in [-0.3, -0.25) is 4.79 Å². The number of nitrogens with one attached hydrogen (secondary N) is 1. The average molecular weight is 352 g/mol. The van der Waals surface area contributed by atoms with Gasteiger partial charge in [0.05, 0.1) is 11.3 Å². The molecule has 134 valence electrons. The lowest BCUT2D eigenvalue weighted by molar-refractivity contribution is -0.137. The van der Waals surface area contributed by atoms with Crippen LogP contribution in [0.3, 0.4) is 0 Å². The minimum atomic E-state index is -4.42. The number of hydrogen-bond acceptors (Lipinski definition) is 3. The van der Waals surface area contributed by atoms with Gasteiger partial charge < -0.3 is 10.2 Å². The van der Waals surface area contributed by atoms with Crippen LogP contribution in [0.2, 0.25) is 0 Å². The minimum Gasteiger partial charge on any atom is -0.332 e. The lowest BCUT2D eigenvalue weighted by Gasteiger charge is -2.38. The van der Waals surface area contributed by atoms with Crippen LogP contribution in [0.4, 0.5) is 13.2 Å². The Balaban J connectivity index is 1.84. The number of halogens is 3. The Morgan fingerprint density at radius 3 is 2.76 bits per heavy atom. The molecule has 0 aliphatic carbocycles. The second kappa shape index (κ2) is 6.51. The number of alkyl halides is 3. The van der Waals surface area contributed by atoms with E-state index < -0.39 is 11.7 Å². The monoisotopic (exact) mass is 352 g/mol. The molecule has 0 bridgehead atoms. The van der Waals surface area contributed by atoms with E-state index in [0.717, 1.165) is 12.1 Å². The molecular formula is C17H19F3N4O. The van der Waals surface area contributed by atoms with Crippen molar-refractivity contribution in [2.24, 2.45) is 0 Å². The first kappa shape index (κ1) is 17.5. The van der Waals surface area contributed by atoms with Gasteiger partial charge in [-0.2, -0.15) is 18.3 Å². The maximum absolute atomic E-state index is 12.8. The summed E-state index contributed by atoms with van der Waals surface area (Å²) in [6, 6.07) is 6.57. The summed E-state index contributed by atoms with van der Waals surface area (Å²) in [5.74, 6) is -0.216. The first-order valence-electron chi connectivity index (χ1n) is 8.05. The Morgan fingerprint density at radius 1 is 1.28 bits per heavy atom. The molecule has 2 heterocycles. The molecular weight excluding hydrogens is 333 g/mol. The summed E-state index contributed by atoms with van der Waals surface area (Å²) in [6.07, 6.45) is -2.92. The van der Waals surface area contributed by atoms with E-state index in [-0.39, 0.29) is 29.4 Å². The fourth-order valence-corrected chi connectivity index (χ4v) is 2.90. The molecule has 1 aromatic heterocycles. The molecule has 1 aromatic carbocycles. The van der Waals surface area contributed by atoms with Gasteiger partial charge >= 0.3 is 6.18 Å². The third kappa shape index (κ3) is 3.53. The normalized spacial score (nSPS) is 21.4. The van der Waals surface area contributed by atoms with E-state index in [0.29, 0.717) is 13.1 Å². The molecule has 0 saturated carbocycles. The predicted octanol–water partition coefficient (Wildman–Crippen LogP) is 2.71. The van der Waals surface area contributed by atoms with E-state index in [2.05, 4.69) is 10.4 Å². The zero-order chi connectivity index (χ0) is 18.2. The Morgan fingerprint density at radius 2 is 2.04 bits per heavy atom. The first-order chi connectivity index (χ1) is 11.8. The van der Waals surface area contributed by atoms with Crippen molar-refractivity contribution in [1.29, 1.82) is 0 Å². The third-order valence-corrected chi connectivity index (χ3v) is 4.54. The van der Waals surface area contributed by atoms with Gasteiger partial charge in [0.15, 0.2) is 5.69 Å². The number of rotatable bonds is 2. The Bertz CT molecular complexity index is 771. The summed E-state index contributed by atoms with van der Waals surface area (Å²) in [6.45, 7) is 5.23. The molecule has 0 radical (unpaired) electrons. The lowest BCUT2D eigenvalue weighted by Crippen LogP contribution is -2.57. The van der Waals surface area contributed by atoms with Crippen LogP contribution in [-0.2, 0) is 6.18 Å². The zero-order valence-electron chi connectivity index (χ0n) is 13.9. The predicted molar refractivity (Wildman–Crippen MR) is 86.5 cm³/mol. The minimum absolute atomic E-state index is 0.0138. The molecule has 2 atom stereocenters. The number of carbonyl (C=O) groups is 1. The standard InChI is InChI=1S/C17H19F3N4O/c1-11-12(2)23(9-7-21-11)16(25)15-6-8-24(22-15)14-5-3-4-13(10-14)17(18,19)20/h3-6,8,10-12,21H,7,9H2,1-2H3. The fraction of sp³-hybridized carbons (Fsp3) is 0.412. The SMILES string of the molecule is CC1NCCN(C(=O)c2ccn(-c3cccc(C(F)(F)F)c3)n2)C1C. The molecule has 1 N–H and O–H groups in total. The van der Waals surface area contributed by atoms with E-state index in [9.17, 15) is 18.0 Å². The van der Waals surface area contributed by atoms with Crippen molar-refractivity contribution in [3.63, 3.8) is 0 Å². The number of hydrogen-bond donors (Lipinski definition) is 1. The molecule has 3 rings (SSSR count). The smallest absolute Gasteiger partial charge is 0.332 e. The van der Waals surface area contributed by atoms with Crippen molar-refractivity contribution in [3.8, 4) is 5.69 Å². The number of benzene rings is 1. The van der Waals surface area contributed by atoms with E-state index in [1.54, 1.807) is 4.90 Å². The number of nitrogens with zero attached hydrogens (tertiary/aromatic N) is 3. The Kier molecular flexibility index (Phi) is 4.55. The summed E-state index contributed by atoms with van der Waals surface area (Å²) < 4.78 is 39.8. The molecule has 8 heteroatoms. The molecule has 1 amide bonds. The van der Waals surface area contributed by atoms with Crippen LogP contribution in [-0.4, -0.2) is 45.8 Å². The van der Waals surface area contributed by atoms with Crippen LogP contribution in [0.15, 0.2) is 36.5 Å². The molecule has 2 unspecified atom stereocenters. The van der Waals surface area contributed by atoms with Gasteiger partial charge in [0.25, 0.3) is 5.91 Å². The molecule has 1 aliphatic heterocycles. The number of carbonyl (C=O) groups excluding carboxylic acids is 1. The largest absolute Gasteiger partial charge is 0.416 e. The first-order valence-corrected chi connectivity index (χ1v) is 8.05. The molecule has 1 saturated heterocycles. The molecule has 2 aromatic rings. The number of aromatic nitrogens is 2. The van der Waals surface area contributed by atoms with Gasteiger partial charge in [-0.1, -0.05) is 6.07 Å². The van der Waals surface area contributed by atoms with E-state index in [4.69, 9.17) is 0 Å². The Labute approximate surface area is 143 Å². The van der Waals surface area contributed by atoms with E-state index in [1.165, 1.54) is 29.1 Å². The lowest BCUT2D eigenvalue weighted by atomic mass is 10.1. The van der Waals surface area contributed by atoms with E-state index >= 15 is 0 Å². The van der Waals surface area contributed by atoms with Crippen molar-refractivity contribution in [2.45, 2.75) is 32.1 Å². The molecule has 5 nitrogen and oxygen atoms in total. The number of amides is 1. The van der Waals surface area contributed by atoms with E-state index in [1.807, 2.05) is 13.8 Å². The van der Waals surface area contributed by atoms with Gasteiger partial charge in [0.2, 0.25) is 0 Å². The van der Waals surface area contributed by atoms with Gasteiger partial charge in [0.1, 0.15) is 0 Å². The molecule has 1 fully saturated rings.